The molecule has 30 heavy (non-hydrogen) atoms. The van der Waals surface area contributed by atoms with Crippen molar-refractivity contribution in [1.82, 2.24) is 25.1 Å². The minimum Gasteiger partial charge on any atom is -0.334 e. The summed E-state index contributed by atoms with van der Waals surface area (Å²) < 4.78 is 14.9. The molecule has 4 rings (SSSR count). The Kier molecular flexibility index (Phi) is 5.33. The number of hydrogen-bond donors (Lipinski definition) is 3. The van der Waals surface area contributed by atoms with E-state index in [1.807, 2.05) is 0 Å². The Morgan fingerprint density at radius 3 is 2.80 bits per heavy atom. The summed E-state index contributed by atoms with van der Waals surface area (Å²) in [5.74, 6) is -0.140. The van der Waals surface area contributed by atoms with E-state index in [-0.39, 0.29) is 17.8 Å². The molecular formula is C21H17FN6O2. The zero-order valence-corrected chi connectivity index (χ0v) is 15.7. The fraction of sp³-hybridized carbons (Fsp3) is 0.0476. The van der Waals surface area contributed by atoms with E-state index in [0.29, 0.717) is 22.5 Å². The van der Waals surface area contributed by atoms with Crippen LogP contribution in [0.5, 0.6) is 0 Å². The summed E-state index contributed by atoms with van der Waals surface area (Å²) in [5.41, 5.74) is 1.70. The molecule has 0 radical (unpaired) electrons. The van der Waals surface area contributed by atoms with Gasteiger partial charge in [-0.1, -0.05) is 18.2 Å². The number of para-hydroxylation sites is 1. The third-order valence-corrected chi connectivity index (χ3v) is 4.36. The lowest BCUT2D eigenvalue weighted by molar-refractivity contribution is 0.251. The van der Waals surface area contributed by atoms with E-state index in [1.165, 1.54) is 23.0 Å². The van der Waals surface area contributed by atoms with E-state index in [4.69, 9.17) is 0 Å². The van der Waals surface area contributed by atoms with Gasteiger partial charge in [-0.05, 0) is 35.9 Å². The summed E-state index contributed by atoms with van der Waals surface area (Å²) in [4.78, 5) is 33.0. The van der Waals surface area contributed by atoms with Crippen molar-refractivity contribution in [1.29, 1.82) is 0 Å². The number of amides is 2. The van der Waals surface area contributed by atoms with E-state index in [2.05, 4.69) is 25.7 Å². The van der Waals surface area contributed by atoms with Crippen molar-refractivity contribution in [2.45, 2.75) is 6.54 Å². The molecule has 0 spiro atoms. The van der Waals surface area contributed by atoms with Crippen LogP contribution >= 0.6 is 0 Å². The highest BCUT2D eigenvalue weighted by molar-refractivity contribution is 5.89. The van der Waals surface area contributed by atoms with Crippen LogP contribution in [0.2, 0.25) is 0 Å². The maximum Gasteiger partial charge on any atom is 0.319 e. The van der Waals surface area contributed by atoms with Crippen LogP contribution < -0.4 is 16.2 Å². The number of urea groups is 1. The average Bonchev–Trinajstić information content (AvgIpc) is 3.16. The quantitative estimate of drug-likeness (QED) is 0.475. The highest BCUT2D eigenvalue weighted by Crippen LogP contribution is 2.14. The third-order valence-electron chi connectivity index (χ3n) is 4.36. The lowest BCUT2D eigenvalue weighted by atomic mass is 10.2. The molecule has 1 aromatic carbocycles. The molecule has 0 atom stereocenters. The Morgan fingerprint density at radius 1 is 1.13 bits per heavy atom. The fourth-order valence-electron chi connectivity index (χ4n) is 2.87. The number of anilines is 1. The molecule has 3 aromatic heterocycles. The normalized spacial score (nSPS) is 10.6. The van der Waals surface area contributed by atoms with Crippen LogP contribution in [-0.2, 0) is 6.54 Å². The molecule has 0 aliphatic rings. The first-order chi connectivity index (χ1) is 14.6. The van der Waals surface area contributed by atoms with E-state index < -0.39 is 11.8 Å². The molecule has 0 aliphatic heterocycles. The van der Waals surface area contributed by atoms with Gasteiger partial charge in [0.15, 0.2) is 5.82 Å². The van der Waals surface area contributed by atoms with Gasteiger partial charge in [-0.2, -0.15) is 0 Å². The highest BCUT2D eigenvalue weighted by Gasteiger charge is 2.12. The number of aromatic amines is 1. The van der Waals surface area contributed by atoms with Crippen molar-refractivity contribution in [2.75, 3.05) is 5.32 Å². The largest absolute Gasteiger partial charge is 0.334 e. The number of benzene rings is 1. The second kappa shape index (κ2) is 8.39. The van der Waals surface area contributed by atoms with E-state index in [1.54, 1.807) is 55.0 Å². The van der Waals surface area contributed by atoms with Crippen LogP contribution in [-0.4, -0.2) is 25.8 Å². The molecule has 0 fully saturated rings. The average molecular weight is 404 g/mol. The molecule has 3 N–H and O–H groups in total. The number of rotatable bonds is 5. The van der Waals surface area contributed by atoms with Gasteiger partial charge in [0.2, 0.25) is 0 Å². The Bertz CT molecular complexity index is 1240. The van der Waals surface area contributed by atoms with Crippen molar-refractivity contribution < 1.29 is 9.18 Å². The molecule has 4 aromatic rings. The Morgan fingerprint density at radius 2 is 2.00 bits per heavy atom. The first-order valence-electron chi connectivity index (χ1n) is 9.07. The van der Waals surface area contributed by atoms with Gasteiger partial charge in [0, 0.05) is 36.9 Å². The lowest BCUT2D eigenvalue weighted by Gasteiger charge is -2.09. The summed E-state index contributed by atoms with van der Waals surface area (Å²) in [6, 6.07) is 12.3. The van der Waals surface area contributed by atoms with Gasteiger partial charge >= 0.3 is 6.03 Å². The van der Waals surface area contributed by atoms with Crippen molar-refractivity contribution >= 4 is 11.7 Å². The minimum absolute atomic E-state index is 0.0892. The molecule has 3 heterocycles. The predicted octanol–water partition coefficient (Wildman–Crippen LogP) is 3.08. The standard InChI is InChI=1S/C21H17FN6O2/c22-17-5-1-2-6-18(17)27-21(30)25-11-14-7-9-24-19(10-14)28-20(29)16(13-26-28)15-4-3-8-23-12-15/h1-10,12-13,26H,11H2,(H2,25,27,30). The van der Waals surface area contributed by atoms with Crippen LogP contribution in [0.3, 0.4) is 0 Å². The van der Waals surface area contributed by atoms with Gasteiger partial charge in [-0.15, -0.1) is 0 Å². The van der Waals surface area contributed by atoms with Crippen LogP contribution in [0.15, 0.2) is 78.1 Å². The minimum atomic E-state index is -0.547. The fourth-order valence-corrected chi connectivity index (χ4v) is 2.87. The molecule has 9 heteroatoms. The predicted molar refractivity (Wildman–Crippen MR) is 110 cm³/mol. The Labute approximate surface area is 170 Å². The Hall–Kier alpha value is -4.27. The number of nitrogens with one attached hydrogen (secondary N) is 3. The maximum atomic E-state index is 13.6. The van der Waals surface area contributed by atoms with Crippen LogP contribution in [0.1, 0.15) is 5.56 Å². The van der Waals surface area contributed by atoms with Crippen molar-refractivity contribution in [3.05, 3.63) is 95.1 Å². The molecule has 8 nitrogen and oxygen atoms in total. The maximum absolute atomic E-state index is 13.6. The first kappa shape index (κ1) is 19.1. The first-order valence-corrected chi connectivity index (χ1v) is 9.07. The van der Waals surface area contributed by atoms with Gasteiger partial charge in [-0.25, -0.2) is 18.9 Å². The number of hydrogen-bond acceptors (Lipinski definition) is 4. The zero-order valence-electron chi connectivity index (χ0n) is 15.7. The number of carbonyl (C=O) groups excluding carboxylic acids is 1. The lowest BCUT2D eigenvalue weighted by Crippen LogP contribution is -2.28. The number of nitrogens with zero attached hydrogens (tertiary/aromatic N) is 3. The van der Waals surface area contributed by atoms with Crippen LogP contribution in [0.4, 0.5) is 14.9 Å². The molecule has 0 saturated heterocycles. The van der Waals surface area contributed by atoms with Gasteiger partial charge in [0.25, 0.3) is 5.56 Å². The SMILES string of the molecule is O=C(NCc1ccnc(-n2[nH]cc(-c3cccnc3)c2=O)c1)Nc1ccccc1F. The van der Waals surface area contributed by atoms with Gasteiger partial charge in [0.1, 0.15) is 5.82 Å². The summed E-state index contributed by atoms with van der Waals surface area (Å²) in [5, 5.41) is 7.99. The van der Waals surface area contributed by atoms with E-state index in [0.717, 1.165) is 0 Å². The van der Waals surface area contributed by atoms with E-state index in [9.17, 15) is 14.0 Å². The van der Waals surface area contributed by atoms with Crippen LogP contribution in [0.25, 0.3) is 16.9 Å². The summed E-state index contributed by atoms with van der Waals surface area (Å²) in [6.45, 7) is 0.167. The van der Waals surface area contributed by atoms with Crippen molar-refractivity contribution in [3.63, 3.8) is 0 Å². The summed E-state index contributed by atoms with van der Waals surface area (Å²) in [7, 11) is 0. The van der Waals surface area contributed by atoms with Crippen LogP contribution in [0, 0.1) is 5.82 Å². The molecule has 0 aliphatic carbocycles. The summed E-state index contributed by atoms with van der Waals surface area (Å²) >= 11 is 0. The van der Waals surface area contributed by atoms with Crippen molar-refractivity contribution in [3.8, 4) is 16.9 Å². The number of H-pyrrole nitrogens is 1. The molecule has 0 bridgehead atoms. The Balaban J connectivity index is 1.47. The molecular weight excluding hydrogens is 387 g/mol. The second-order valence-electron chi connectivity index (χ2n) is 6.38. The smallest absolute Gasteiger partial charge is 0.319 e. The van der Waals surface area contributed by atoms with Gasteiger partial charge in [0.05, 0.1) is 11.3 Å². The monoisotopic (exact) mass is 404 g/mol. The number of aromatic nitrogens is 4. The van der Waals surface area contributed by atoms with E-state index >= 15 is 0 Å². The molecule has 0 unspecified atom stereocenters. The molecule has 150 valence electrons. The van der Waals surface area contributed by atoms with Gasteiger partial charge < -0.3 is 10.6 Å². The third kappa shape index (κ3) is 4.09. The topological polar surface area (TPSA) is 105 Å². The highest BCUT2D eigenvalue weighted by atomic mass is 19.1. The van der Waals surface area contributed by atoms with Crippen molar-refractivity contribution in [2.24, 2.45) is 0 Å². The number of halogens is 1. The molecule has 0 saturated carbocycles. The summed E-state index contributed by atoms with van der Waals surface area (Å²) in [6.07, 6.45) is 6.37. The number of pyridine rings is 2. The number of carbonyl (C=O) groups is 1. The zero-order chi connectivity index (χ0) is 20.9. The van der Waals surface area contributed by atoms with Gasteiger partial charge in [-0.3, -0.25) is 14.9 Å². The molecule has 2 amide bonds. The second-order valence-corrected chi connectivity index (χ2v) is 6.38.